The van der Waals surface area contributed by atoms with Crippen LogP contribution in [-0.4, -0.2) is 14.8 Å². The molecule has 0 saturated heterocycles. The third-order valence-electron chi connectivity index (χ3n) is 5.27. The minimum absolute atomic E-state index is 0.452. The van der Waals surface area contributed by atoms with Gasteiger partial charge >= 0.3 is 0 Å². The molecule has 0 radical (unpaired) electrons. The van der Waals surface area contributed by atoms with Crippen molar-refractivity contribution in [3.05, 3.63) is 22.3 Å². The van der Waals surface area contributed by atoms with E-state index in [1.54, 1.807) is 11.3 Å². The van der Waals surface area contributed by atoms with Crippen LogP contribution in [0.15, 0.2) is 17.5 Å². The van der Waals surface area contributed by atoms with Crippen LogP contribution in [0.3, 0.4) is 0 Å². The SMILES string of the molecule is C[C@H]([C@@H]1C[C@H]2CC[C@H]1C2)n1c(-c2cccs2)n[nH]c1=S. The molecule has 20 heavy (non-hydrogen) atoms. The van der Waals surface area contributed by atoms with Gasteiger partial charge in [0.25, 0.3) is 0 Å². The van der Waals surface area contributed by atoms with Crippen molar-refractivity contribution >= 4 is 23.6 Å². The van der Waals surface area contributed by atoms with Gasteiger partial charge in [0.2, 0.25) is 0 Å². The van der Waals surface area contributed by atoms with E-state index in [0.717, 1.165) is 28.3 Å². The number of hydrogen-bond donors (Lipinski definition) is 1. The summed E-state index contributed by atoms with van der Waals surface area (Å²) in [5.74, 6) is 3.67. The number of hydrogen-bond acceptors (Lipinski definition) is 3. The fourth-order valence-electron chi connectivity index (χ4n) is 4.34. The van der Waals surface area contributed by atoms with Gasteiger partial charge in [0.05, 0.1) is 4.88 Å². The van der Waals surface area contributed by atoms with Gasteiger partial charge in [-0.15, -0.1) is 11.3 Å². The molecule has 2 aliphatic rings. The van der Waals surface area contributed by atoms with Gasteiger partial charge in [0, 0.05) is 6.04 Å². The molecule has 0 aliphatic heterocycles. The molecule has 4 atom stereocenters. The zero-order valence-corrected chi connectivity index (χ0v) is 13.2. The molecule has 0 unspecified atom stereocenters. The molecule has 2 aliphatic carbocycles. The molecule has 4 rings (SSSR count). The molecular weight excluding hydrogens is 286 g/mol. The van der Waals surface area contributed by atoms with E-state index in [1.807, 2.05) is 0 Å². The third-order valence-corrected chi connectivity index (χ3v) is 6.42. The quantitative estimate of drug-likeness (QED) is 0.836. The van der Waals surface area contributed by atoms with E-state index in [9.17, 15) is 0 Å². The highest BCUT2D eigenvalue weighted by atomic mass is 32.1. The molecule has 0 aromatic carbocycles. The van der Waals surface area contributed by atoms with Crippen molar-refractivity contribution in [3.8, 4) is 10.7 Å². The number of nitrogens with one attached hydrogen (secondary N) is 1. The summed E-state index contributed by atoms with van der Waals surface area (Å²) in [6, 6.07) is 4.65. The molecular formula is C15H19N3S2. The zero-order valence-electron chi connectivity index (χ0n) is 11.6. The number of thiophene rings is 1. The number of rotatable bonds is 3. The van der Waals surface area contributed by atoms with E-state index in [4.69, 9.17) is 12.2 Å². The topological polar surface area (TPSA) is 33.6 Å². The zero-order chi connectivity index (χ0) is 13.7. The maximum Gasteiger partial charge on any atom is 0.195 e. The first-order chi connectivity index (χ1) is 9.74. The molecule has 2 bridgehead atoms. The predicted octanol–water partition coefficient (Wildman–Crippen LogP) is 4.67. The lowest BCUT2D eigenvalue weighted by Crippen LogP contribution is -2.22. The van der Waals surface area contributed by atoms with E-state index in [1.165, 1.54) is 30.6 Å². The van der Waals surface area contributed by atoms with E-state index in [0.29, 0.717) is 6.04 Å². The van der Waals surface area contributed by atoms with E-state index in [2.05, 4.69) is 39.2 Å². The van der Waals surface area contributed by atoms with Crippen molar-refractivity contribution in [1.29, 1.82) is 0 Å². The Kier molecular flexibility index (Phi) is 3.07. The Labute approximate surface area is 128 Å². The first kappa shape index (κ1) is 12.8. The normalized spacial score (nSPS) is 29.9. The Morgan fingerprint density at radius 1 is 1.45 bits per heavy atom. The highest BCUT2D eigenvalue weighted by Gasteiger charge is 2.42. The minimum atomic E-state index is 0.452. The van der Waals surface area contributed by atoms with Crippen LogP contribution in [-0.2, 0) is 0 Å². The predicted molar refractivity (Wildman–Crippen MR) is 84.4 cm³/mol. The largest absolute Gasteiger partial charge is 0.296 e. The van der Waals surface area contributed by atoms with Crippen LogP contribution in [0.2, 0.25) is 0 Å². The van der Waals surface area contributed by atoms with E-state index >= 15 is 0 Å². The fraction of sp³-hybridized carbons (Fsp3) is 0.600. The Balaban J connectivity index is 1.71. The van der Waals surface area contributed by atoms with Gasteiger partial charge in [-0.05, 0) is 67.6 Å². The van der Waals surface area contributed by atoms with Crippen LogP contribution in [0.5, 0.6) is 0 Å². The molecule has 2 fully saturated rings. The Hall–Kier alpha value is -0.940. The minimum Gasteiger partial charge on any atom is -0.296 e. The molecule has 0 amide bonds. The third kappa shape index (κ3) is 1.91. The highest BCUT2D eigenvalue weighted by Crippen LogP contribution is 2.52. The summed E-state index contributed by atoms with van der Waals surface area (Å²) in [5, 5.41) is 9.56. The van der Waals surface area contributed by atoms with Gasteiger partial charge in [0.15, 0.2) is 10.6 Å². The number of H-pyrrole nitrogens is 1. The highest BCUT2D eigenvalue weighted by molar-refractivity contribution is 7.71. The van der Waals surface area contributed by atoms with Gasteiger partial charge in [-0.25, -0.2) is 0 Å². The van der Waals surface area contributed by atoms with Gasteiger partial charge in [-0.1, -0.05) is 12.5 Å². The molecule has 2 aromatic rings. The second-order valence-corrected chi connectivity index (χ2v) is 7.61. The lowest BCUT2D eigenvalue weighted by Gasteiger charge is -2.29. The number of aromatic nitrogens is 3. The summed E-state index contributed by atoms with van der Waals surface area (Å²) in [6.45, 7) is 2.33. The van der Waals surface area contributed by atoms with Crippen LogP contribution in [0.25, 0.3) is 10.7 Å². The van der Waals surface area contributed by atoms with Gasteiger partial charge < -0.3 is 0 Å². The fourth-order valence-corrected chi connectivity index (χ4v) is 5.35. The summed E-state index contributed by atoms with van der Waals surface area (Å²) in [5.41, 5.74) is 0. The molecule has 0 spiro atoms. The molecule has 2 aromatic heterocycles. The molecule has 2 saturated carbocycles. The Morgan fingerprint density at radius 3 is 3.00 bits per heavy atom. The van der Waals surface area contributed by atoms with E-state index < -0.39 is 0 Å². The lowest BCUT2D eigenvalue weighted by molar-refractivity contribution is 0.242. The monoisotopic (exact) mass is 305 g/mol. The maximum absolute atomic E-state index is 5.49. The standard InChI is InChI=1S/C15H19N3S2/c1-9(12-8-10-4-5-11(12)7-10)18-14(16-17-15(18)19)13-3-2-6-20-13/h2-3,6,9-12H,4-5,7-8H2,1H3,(H,17,19)/t9-,10+,11+,12+/m1/s1. The van der Waals surface area contributed by atoms with Crippen LogP contribution < -0.4 is 0 Å². The lowest BCUT2D eigenvalue weighted by atomic mass is 9.84. The summed E-state index contributed by atoms with van der Waals surface area (Å²) >= 11 is 7.22. The van der Waals surface area contributed by atoms with Crippen molar-refractivity contribution in [2.75, 3.05) is 0 Å². The van der Waals surface area contributed by atoms with Crippen molar-refractivity contribution in [2.45, 2.75) is 38.6 Å². The summed E-state index contributed by atoms with van der Waals surface area (Å²) in [4.78, 5) is 1.20. The average molecular weight is 305 g/mol. The molecule has 2 heterocycles. The van der Waals surface area contributed by atoms with Crippen LogP contribution >= 0.6 is 23.6 Å². The molecule has 3 nitrogen and oxygen atoms in total. The first-order valence-electron chi connectivity index (χ1n) is 7.45. The van der Waals surface area contributed by atoms with E-state index in [-0.39, 0.29) is 0 Å². The molecule has 106 valence electrons. The average Bonchev–Trinajstić information content (AvgIpc) is 3.21. The van der Waals surface area contributed by atoms with Crippen molar-refractivity contribution in [1.82, 2.24) is 14.8 Å². The second-order valence-electron chi connectivity index (χ2n) is 6.28. The first-order valence-corrected chi connectivity index (χ1v) is 8.73. The van der Waals surface area contributed by atoms with Crippen molar-refractivity contribution < 1.29 is 0 Å². The summed E-state index contributed by atoms with van der Waals surface area (Å²) in [6.07, 6.45) is 5.68. The number of aromatic amines is 1. The Morgan fingerprint density at radius 2 is 2.35 bits per heavy atom. The van der Waals surface area contributed by atoms with Crippen molar-refractivity contribution in [2.24, 2.45) is 17.8 Å². The van der Waals surface area contributed by atoms with Crippen LogP contribution in [0.1, 0.15) is 38.6 Å². The summed E-state index contributed by atoms with van der Waals surface area (Å²) < 4.78 is 3.02. The Bertz CT molecular complexity index is 655. The van der Waals surface area contributed by atoms with Gasteiger partial charge in [-0.2, -0.15) is 5.10 Å². The molecule has 5 heteroatoms. The van der Waals surface area contributed by atoms with Gasteiger partial charge in [-0.3, -0.25) is 9.67 Å². The maximum atomic E-state index is 5.49. The second kappa shape index (κ2) is 4.81. The van der Waals surface area contributed by atoms with Crippen molar-refractivity contribution in [3.63, 3.8) is 0 Å². The number of nitrogens with zero attached hydrogens (tertiary/aromatic N) is 2. The van der Waals surface area contributed by atoms with Crippen LogP contribution in [0, 0.1) is 22.5 Å². The van der Waals surface area contributed by atoms with Gasteiger partial charge in [0.1, 0.15) is 0 Å². The van der Waals surface area contributed by atoms with Crippen LogP contribution in [0.4, 0.5) is 0 Å². The number of fused-ring (bicyclic) bond motifs is 2. The molecule has 1 N–H and O–H groups in total. The summed E-state index contributed by atoms with van der Waals surface area (Å²) in [7, 11) is 0. The smallest absolute Gasteiger partial charge is 0.195 e.